The molecule has 7 nitrogen and oxygen atoms in total. The predicted octanol–water partition coefficient (Wildman–Crippen LogP) is 1.64. The number of benzene rings is 1. The largest absolute Gasteiger partial charge is 0.390 e. The van der Waals surface area contributed by atoms with Gasteiger partial charge in [-0.2, -0.15) is 0 Å². The van der Waals surface area contributed by atoms with E-state index in [9.17, 15) is 24.2 Å². The summed E-state index contributed by atoms with van der Waals surface area (Å²) in [5, 5.41) is 20.8. The summed E-state index contributed by atoms with van der Waals surface area (Å²) in [5.41, 5.74) is 5.32. The van der Waals surface area contributed by atoms with Crippen LogP contribution in [0.3, 0.4) is 0 Å². The van der Waals surface area contributed by atoms with E-state index in [0.29, 0.717) is 22.8 Å². The van der Waals surface area contributed by atoms with Crippen LogP contribution in [0.5, 0.6) is 0 Å². The van der Waals surface area contributed by atoms with E-state index in [-0.39, 0.29) is 16.9 Å². The fourth-order valence-electron chi connectivity index (χ4n) is 3.59. The summed E-state index contributed by atoms with van der Waals surface area (Å²) in [4.78, 5) is 25.8. The average Bonchev–Trinajstić information content (AvgIpc) is 2.62. The number of aryl methyl sites for hydroxylation is 1. The van der Waals surface area contributed by atoms with Gasteiger partial charge in [-0.1, -0.05) is 0 Å². The van der Waals surface area contributed by atoms with E-state index in [1.807, 2.05) is 22.6 Å². The second-order valence-corrected chi connectivity index (χ2v) is 8.15. The first-order valence-corrected chi connectivity index (χ1v) is 9.89. The molecule has 0 aliphatic heterocycles. The van der Waals surface area contributed by atoms with Crippen LogP contribution in [0, 0.1) is 9.39 Å². The van der Waals surface area contributed by atoms with E-state index in [2.05, 4.69) is 0 Å². The highest BCUT2D eigenvalue weighted by Gasteiger charge is 2.37. The molecule has 0 spiro atoms. The van der Waals surface area contributed by atoms with Crippen LogP contribution in [-0.2, 0) is 7.05 Å². The Kier molecular flexibility index (Phi) is 6.06. The van der Waals surface area contributed by atoms with Gasteiger partial charge in [0, 0.05) is 22.9 Å². The molecule has 1 fully saturated rings. The van der Waals surface area contributed by atoms with Gasteiger partial charge in [-0.15, -0.1) is 0 Å². The number of hydrogen-bond donors (Lipinski definition) is 3. The van der Waals surface area contributed by atoms with E-state index in [4.69, 9.17) is 5.73 Å². The Morgan fingerprint density at radius 1 is 1.29 bits per heavy atom. The molecule has 4 N–H and O–H groups in total. The molecule has 1 aliphatic rings. The van der Waals surface area contributed by atoms with E-state index in [0.717, 1.165) is 0 Å². The number of aliphatic hydroxyl groups excluding tert-OH is 2. The van der Waals surface area contributed by atoms with E-state index in [1.54, 1.807) is 6.07 Å². The van der Waals surface area contributed by atoms with E-state index in [1.165, 1.54) is 40.9 Å². The summed E-state index contributed by atoms with van der Waals surface area (Å²) in [6.45, 7) is 0. The zero-order valence-corrected chi connectivity index (χ0v) is 17.3. The molecule has 0 saturated heterocycles. The maximum Gasteiger partial charge on any atom is 0.252 e. The number of hydrogen-bond acceptors (Lipinski definition) is 5. The maximum atomic E-state index is 14.9. The minimum Gasteiger partial charge on any atom is -0.390 e. The zero-order chi connectivity index (χ0) is 20.6. The minimum atomic E-state index is -1.18. The molecular formula is C19H21FIN3O4. The van der Waals surface area contributed by atoms with Crippen LogP contribution in [0.15, 0.2) is 35.3 Å². The number of halogens is 2. The van der Waals surface area contributed by atoms with Gasteiger partial charge in [0.2, 0.25) is 0 Å². The SMILES string of the molecule is Cn1cc(C(N)=O)c(N(c2ccc(I)cc2F)C2CCCC(O)C2O)cc1=O. The van der Waals surface area contributed by atoms with Crippen molar-refractivity contribution in [2.45, 2.75) is 37.5 Å². The molecule has 1 aliphatic carbocycles. The second kappa shape index (κ2) is 8.18. The van der Waals surface area contributed by atoms with E-state index < -0.39 is 35.5 Å². The first-order valence-electron chi connectivity index (χ1n) is 8.81. The zero-order valence-electron chi connectivity index (χ0n) is 15.2. The van der Waals surface area contributed by atoms with Crippen LogP contribution in [0.2, 0.25) is 0 Å². The Bertz CT molecular complexity index is 965. The molecule has 1 amide bonds. The fourth-order valence-corrected chi connectivity index (χ4v) is 4.04. The number of nitrogens with zero attached hydrogens (tertiary/aromatic N) is 2. The van der Waals surface area contributed by atoms with Gasteiger partial charge >= 0.3 is 0 Å². The molecule has 150 valence electrons. The number of primary amides is 1. The van der Waals surface area contributed by atoms with Crippen molar-refractivity contribution >= 4 is 39.9 Å². The monoisotopic (exact) mass is 501 g/mol. The number of anilines is 2. The molecule has 28 heavy (non-hydrogen) atoms. The van der Waals surface area contributed by atoms with Gasteiger partial charge in [0.15, 0.2) is 0 Å². The molecule has 1 heterocycles. The normalized spacial score (nSPS) is 22.1. The minimum absolute atomic E-state index is 0.0207. The van der Waals surface area contributed by atoms with Crippen molar-refractivity contribution in [3.8, 4) is 0 Å². The molecule has 3 atom stereocenters. The first kappa shape index (κ1) is 20.7. The highest BCUT2D eigenvalue weighted by atomic mass is 127. The maximum absolute atomic E-state index is 14.9. The van der Waals surface area contributed by atoms with Crippen LogP contribution in [0.25, 0.3) is 0 Å². The summed E-state index contributed by atoms with van der Waals surface area (Å²) in [5.74, 6) is -1.36. The summed E-state index contributed by atoms with van der Waals surface area (Å²) in [7, 11) is 1.48. The second-order valence-electron chi connectivity index (χ2n) is 6.91. The molecular weight excluding hydrogens is 480 g/mol. The third-order valence-electron chi connectivity index (χ3n) is 5.02. The molecule has 1 saturated carbocycles. The van der Waals surface area contributed by atoms with Gasteiger partial charge in [-0.25, -0.2) is 4.39 Å². The van der Waals surface area contributed by atoms with Gasteiger partial charge in [0.05, 0.1) is 29.1 Å². The van der Waals surface area contributed by atoms with Gasteiger partial charge in [-0.05, 0) is 60.1 Å². The Morgan fingerprint density at radius 3 is 2.64 bits per heavy atom. The van der Waals surface area contributed by atoms with Gasteiger partial charge in [0.25, 0.3) is 11.5 Å². The average molecular weight is 501 g/mol. The van der Waals surface area contributed by atoms with Crippen molar-refractivity contribution in [1.82, 2.24) is 4.57 Å². The molecule has 1 aromatic heterocycles. The summed E-state index contributed by atoms with van der Waals surface area (Å²) < 4.78 is 16.8. The summed E-state index contributed by atoms with van der Waals surface area (Å²) in [6, 6.07) is 4.99. The van der Waals surface area contributed by atoms with Gasteiger partial charge in [-0.3, -0.25) is 9.59 Å². The lowest BCUT2D eigenvalue weighted by Crippen LogP contribution is -2.50. The summed E-state index contributed by atoms with van der Waals surface area (Å²) in [6.07, 6.45) is 0.580. The molecule has 9 heteroatoms. The van der Waals surface area contributed by atoms with Gasteiger partial charge in [0.1, 0.15) is 11.9 Å². The van der Waals surface area contributed by atoms with Crippen molar-refractivity contribution < 1.29 is 19.4 Å². The van der Waals surface area contributed by atoms with Crippen LogP contribution < -0.4 is 16.2 Å². The predicted molar refractivity (Wildman–Crippen MR) is 111 cm³/mol. The number of amides is 1. The molecule has 0 bridgehead atoms. The van der Waals surface area contributed by atoms with E-state index >= 15 is 0 Å². The van der Waals surface area contributed by atoms with Crippen molar-refractivity contribution in [2.75, 3.05) is 4.90 Å². The topological polar surface area (TPSA) is 109 Å². The van der Waals surface area contributed by atoms with Crippen LogP contribution in [-0.4, -0.2) is 38.9 Å². The first-order chi connectivity index (χ1) is 13.2. The quantitative estimate of drug-likeness (QED) is 0.553. The lowest BCUT2D eigenvalue weighted by Gasteiger charge is -2.41. The molecule has 3 rings (SSSR count). The Hall–Kier alpha value is -1.98. The third-order valence-corrected chi connectivity index (χ3v) is 5.69. The highest BCUT2D eigenvalue weighted by Crippen LogP contribution is 2.37. The Labute approximate surface area is 174 Å². The fraction of sp³-hybridized carbons (Fsp3) is 0.368. The number of pyridine rings is 1. The third kappa shape index (κ3) is 3.91. The van der Waals surface area contributed by atoms with Crippen molar-refractivity contribution in [1.29, 1.82) is 0 Å². The molecule has 3 unspecified atom stereocenters. The number of aromatic nitrogens is 1. The van der Waals surface area contributed by atoms with Crippen molar-refractivity contribution in [3.05, 3.63) is 55.8 Å². The number of nitrogens with two attached hydrogens (primary N) is 1. The molecule has 2 aromatic rings. The summed E-state index contributed by atoms with van der Waals surface area (Å²) >= 11 is 1.97. The lowest BCUT2D eigenvalue weighted by molar-refractivity contribution is -0.0205. The Balaban J connectivity index is 2.27. The van der Waals surface area contributed by atoms with Gasteiger partial charge < -0.3 is 25.4 Å². The number of aliphatic hydroxyl groups is 2. The highest BCUT2D eigenvalue weighted by molar-refractivity contribution is 14.1. The molecule has 1 aromatic carbocycles. The van der Waals surface area contributed by atoms with Crippen LogP contribution >= 0.6 is 22.6 Å². The number of carbonyl (C=O) groups excluding carboxylic acids is 1. The smallest absolute Gasteiger partial charge is 0.252 e. The van der Waals surface area contributed by atoms with Crippen LogP contribution in [0.4, 0.5) is 15.8 Å². The Morgan fingerprint density at radius 2 is 2.00 bits per heavy atom. The van der Waals surface area contributed by atoms with Crippen LogP contribution in [0.1, 0.15) is 29.6 Å². The van der Waals surface area contributed by atoms with Crippen molar-refractivity contribution in [2.24, 2.45) is 12.8 Å². The number of carbonyl (C=O) groups is 1. The standard InChI is InChI=1S/C19H21FIN3O4/c1-23-9-11(19(22)28)15(8-17(23)26)24(13-6-5-10(21)7-12(13)20)14-3-2-4-16(25)18(14)27/h5-9,14,16,18,25,27H,2-4H2,1H3,(H2,22,28). The van der Waals surface area contributed by atoms with Crippen molar-refractivity contribution in [3.63, 3.8) is 0 Å². The molecule has 0 radical (unpaired) electrons. The number of rotatable bonds is 4. The lowest BCUT2D eigenvalue weighted by atomic mass is 9.88.